The van der Waals surface area contributed by atoms with Crippen LogP contribution in [0.3, 0.4) is 0 Å². The molecule has 0 radical (unpaired) electrons. The third-order valence-corrected chi connectivity index (χ3v) is 2.97. The number of nitrogens with zero attached hydrogens (tertiary/aromatic N) is 2. The van der Waals surface area contributed by atoms with Crippen molar-refractivity contribution in [3.8, 4) is 11.5 Å². The first-order valence-corrected chi connectivity index (χ1v) is 6.92. The van der Waals surface area contributed by atoms with E-state index in [1.54, 1.807) is 12.1 Å². The van der Waals surface area contributed by atoms with E-state index in [4.69, 9.17) is 4.74 Å². The summed E-state index contributed by atoms with van der Waals surface area (Å²) < 4.78 is 5.28. The van der Waals surface area contributed by atoms with E-state index in [2.05, 4.69) is 10.5 Å². The first-order chi connectivity index (χ1) is 11.5. The van der Waals surface area contributed by atoms with Crippen molar-refractivity contribution in [3.63, 3.8) is 0 Å². The number of rotatable bonds is 6. The highest BCUT2D eigenvalue weighted by Crippen LogP contribution is 2.22. The average molecular weight is 328 g/mol. The van der Waals surface area contributed by atoms with Gasteiger partial charge < -0.3 is 9.84 Å². The second-order valence-electron chi connectivity index (χ2n) is 4.88. The standard InChI is InChI=1S/C16H15N3O5/c1-11-2-5-13(6-3-11)24-10-16(21)18-17-9-12-4-7-15(20)14(8-12)19(22)23/h2-9,20H,10H2,1H3,(H,18,21)/p-1/b17-9+. The fourth-order valence-corrected chi connectivity index (χ4v) is 1.75. The molecular weight excluding hydrogens is 314 g/mol. The van der Waals surface area contributed by atoms with Gasteiger partial charge in [-0.2, -0.15) is 5.10 Å². The quantitative estimate of drug-likeness (QED) is 0.490. The molecule has 1 N–H and O–H groups in total. The maximum Gasteiger partial charge on any atom is 0.277 e. The number of hydrazone groups is 1. The minimum Gasteiger partial charge on any atom is -0.868 e. The van der Waals surface area contributed by atoms with Crippen LogP contribution in [0.2, 0.25) is 0 Å². The third-order valence-electron chi connectivity index (χ3n) is 2.97. The van der Waals surface area contributed by atoms with Gasteiger partial charge in [0.1, 0.15) is 5.75 Å². The zero-order chi connectivity index (χ0) is 17.5. The summed E-state index contributed by atoms with van der Waals surface area (Å²) in [6.45, 7) is 1.72. The van der Waals surface area contributed by atoms with Crippen LogP contribution in [0.4, 0.5) is 5.69 Å². The maximum atomic E-state index is 11.6. The fraction of sp³-hybridized carbons (Fsp3) is 0.125. The second kappa shape index (κ2) is 7.73. The van der Waals surface area contributed by atoms with E-state index >= 15 is 0 Å². The fourth-order valence-electron chi connectivity index (χ4n) is 1.75. The number of nitro benzene ring substituents is 1. The van der Waals surface area contributed by atoms with Crippen LogP contribution >= 0.6 is 0 Å². The van der Waals surface area contributed by atoms with Gasteiger partial charge in [-0.25, -0.2) is 5.43 Å². The zero-order valence-electron chi connectivity index (χ0n) is 12.8. The van der Waals surface area contributed by atoms with Gasteiger partial charge in [0.2, 0.25) is 0 Å². The van der Waals surface area contributed by atoms with E-state index < -0.39 is 22.3 Å². The van der Waals surface area contributed by atoms with Crippen LogP contribution in [0.5, 0.6) is 11.5 Å². The molecule has 0 saturated carbocycles. The number of aryl methyl sites for hydroxylation is 1. The van der Waals surface area contributed by atoms with Gasteiger partial charge in [-0.05, 0) is 24.8 Å². The lowest BCUT2D eigenvalue weighted by atomic mass is 10.2. The number of benzene rings is 2. The summed E-state index contributed by atoms with van der Waals surface area (Å²) in [4.78, 5) is 21.5. The normalized spacial score (nSPS) is 10.5. The predicted molar refractivity (Wildman–Crippen MR) is 85.0 cm³/mol. The molecule has 2 aromatic carbocycles. The summed E-state index contributed by atoms with van der Waals surface area (Å²) >= 11 is 0. The third kappa shape index (κ3) is 4.80. The molecule has 0 atom stereocenters. The van der Waals surface area contributed by atoms with Crippen molar-refractivity contribution < 1.29 is 19.6 Å². The Balaban J connectivity index is 1.87. The molecular formula is C16H14N3O5-. The van der Waals surface area contributed by atoms with Crippen molar-refractivity contribution in [2.75, 3.05) is 6.61 Å². The predicted octanol–water partition coefficient (Wildman–Crippen LogP) is 1.51. The second-order valence-corrected chi connectivity index (χ2v) is 4.88. The van der Waals surface area contributed by atoms with E-state index in [9.17, 15) is 20.0 Å². The van der Waals surface area contributed by atoms with Crippen molar-refractivity contribution in [1.82, 2.24) is 5.43 Å². The Morgan fingerprint density at radius 3 is 2.67 bits per heavy atom. The first-order valence-electron chi connectivity index (χ1n) is 6.92. The number of carbonyl (C=O) groups excluding carboxylic acids is 1. The monoisotopic (exact) mass is 328 g/mol. The SMILES string of the molecule is Cc1ccc(OCC(=O)N/N=C/c2ccc([O-])c([N+](=O)[O-])c2)cc1. The van der Waals surface area contributed by atoms with Crippen molar-refractivity contribution >= 4 is 17.8 Å². The van der Waals surface area contributed by atoms with Crippen molar-refractivity contribution in [2.45, 2.75) is 6.92 Å². The highest BCUT2D eigenvalue weighted by atomic mass is 16.6. The molecule has 8 heteroatoms. The highest BCUT2D eigenvalue weighted by Gasteiger charge is 2.07. The molecule has 0 unspecified atom stereocenters. The largest absolute Gasteiger partial charge is 0.868 e. The van der Waals surface area contributed by atoms with Crippen LogP contribution in [0.1, 0.15) is 11.1 Å². The Morgan fingerprint density at radius 2 is 2.00 bits per heavy atom. The van der Waals surface area contributed by atoms with E-state index in [0.717, 1.165) is 17.7 Å². The summed E-state index contributed by atoms with van der Waals surface area (Å²) in [5.74, 6) is -0.615. The van der Waals surface area contributed by atoms with Crippen LogP contribution < -0.4 is 15.3 Å². The number of amides is 1. The van der Waals surface area contributed by atoms with Crippen LogP contribution in [0.25, 0.3) is 0 Å². The number of nitro groups is 1. The first kappa shape index (κ1) is 16.9. The lowest BCUT2D eigenvalue weighted by Gasteiger charge is -2.06. The van der Waals surface area contributed by atoms with Gasteiger partial charge in [-0.3, -0.25) is 14.9 Å². The van der Waals surface area contributed by atoms with Gasteiger partial charge in [0.15, 0.2) is 6.61 Å². The summed E-state index contributed by atoms with van der Waals surface area (Å²) in [5, 5.41) is 25.6. The van der Waals surface area contributed by atoms with Crippen molar-refractivity contribution in [3.05, 3.63) is 63.7 Å². The number of hydrogen-bond acceptors (Lipinski definition) is 6. The van der Waals surface area contributed by atoms with Gasteiger partial charge in [0.25, 0.3) is 11.6 Å². The van der Waals surface area contributed by atoms with Gasteiger partial charge in [0, 0.05) is 11.6 Å². The molecule has 0 spiro atoms. The van der Waals surface area contributed by atoms with Crippen LogP contribution in [0.15, 0.2) is 47.6 Å². The van der Waals surface area contributed by atoms with E-state index in [1.807, 2.05) is 19.1 Å². The summed E-state index contributed by atoms with van der Waals surface area (Å²) in [5.41, 5.74) is 3.08. The molecule has 0 aromatic heterocycles. The average Bonchev–Trinajstić information content (AvgIpc) is 2.55. The molecule has 0 heterocycles. The number of hydrogen-bond donors (Lipinski definition) is 1. The van der Waals surface area contributed by atoms with E-state index in [-0.39, 0.29) is 6.61 Å². The zero-order valence-corrected chi connectivity index (χ0v) is 12.8. The lowest BCUT2D eigenvalue weighted by molar-refractivity contribution is -0.398. The number of ether oxygens (including phenoxy) is 1. The topological polar surface area (TPSA) is 117 Å². The van der Waals surface area contributed by atoms with Gasteiger partial charge in [0.05, 0.1) is 11.1 Å². The highest BCUT2D eigenvalue weighted by molar-refractivity contribution is 5.84. The van der Waals surface area contributed by atoms with Gasteiger partial charge >= 0.3 is 0 Å². The number of carbonyl (C=O) groups is 1. The summed E-state index contributed by atoms with van der Waals surface area (Å²) in [7, 11) is 0. The van der Waals surface area contributed by atoms with Crippen LogP contribution in [-0.4, -0.2) is 23.7 Å². The minimum atomic E-state index is -0.770. The number of nitrogens with one attached hydrogen (secondary N) is 1. The molecule has 0 saturated heterocycles. The summed E-state index contributed by atoms with van der Waals surface area (Å²) in [6.07, 6.45) is 1.20. The molecule has 2 rings (SSSR count). The van der Waals surface area contributed by atoms with E-state index in [1.165, 1.54) is 12.3 Å². The Bertz CT molecular complexity index is 772. The smallest absolute Gasteiger partial charge is 0.277 e. The molecule has 8 nitrogen and oxygen atoms in total. The Labute approximate surface area is 137 Å². The summed E-state index contributed by atoms with van der Waals surface area (Å²) in [6, 6.07) is 10.7. The molecule has 2 aromatic rings. The molecule has 0 aliphatic rings. The molecule has 124 valence electrons. The van der Waals surface area contributed by atoms with Gasteiger partial charge in [-0.1, -0.05) is 29.8 Å². The Hall–Kier alpha value is -3.42. The van der Waals surface area contributed by atoms with Crippen molar-refractivity contribution in [2.24, 2.45) is 5.10 Å². The van der Waals surface area contributed by atoms with E-state index in [0.29, 0.717) is 11.3 Å². The van der Waals surface area contributed by atoms with Crippen molar-refractivity contribution in [1.29, 1.82) is 0 Å². The maximum absolute atomic E-state index is 11.6. The minimum absolute atomic E-state index is 0.222. The Kier molecular flexibility index (Phi) is 5.45. The molecule has 0 bridgehead atoms. The van der Waals surface area contributed by atoms with Crippen LogP contribution in [0, 0.1) is 17.0 Å². The molecule has 0 aliphatic carbocycles. The molecule has 0 fully saturated rings. The van der Waals surface area contributed by atoms with Crippen LogP contribution in [-0.2, 0) is 4.79 Å². The molecule has 1 amide bonds. The molecule has 24 heavy (non-hydrogen) atoms. The molecule has 0 aliphatic heterocycles. The Morgan fingerprint density at radius 1 is 1.29 bits per heavy atom. The van der Waals surface area contributed by atoms with Gasteiger partial charge in [-0.15, -0.1) is 0 Å². The lowest BCUT2D eigenvalue weighted by Crippen LogP contribution is -2.24.